The van der Waals surface area contributed by atoms with Crippen LogP contribution in [0.3, 0.4) is 0 Å². The minimum Gasteiger partial charge on any atom is -0.506 e. The number of amides is 2. The standard InChI is InChI=1S/C16H13N5O3/c17-7-10-3-4-14(18-8-10)20-16(24)21-5-1-2-11-6-13(23)12(9-22)19-15(11)21/h3-4,6,8-9,23H,1-2,5H2,(H,18,20,24). The number of anilines is 2. The predicted octanol–water partition coefficient (Wildman–Crippen LogP) is 1.85. The lowest BCUT2D eigenvalue weighted by Gasteiger charge is -2.28. The minimum absolute atomic E-state index is 0.107. The van der Waals surface area contributed by atoms with Crippen LogP contribution in [0.25, 0.3) is 0 Å². The second-order valence-corrected chi connectivity index (χ2v) is 5.22. The fourth-order valence-electron chi connectivity index (χ4n) is 2.49. The van der Waals surface area contributed by atoms with Crippen LogP contribution in [0.15, 0.2) is 24.4 Å². The van der Waals surface area contributed by atoms with E-state index in [1.807, 2.05) is 6.07 Å². The average Bonchev–Trinajstić information content (AvgIpc) is 2.61. The number of nitrogens with zero attached hydrogens (tertiary/aromatic N) is 4. The number of aryl methyl sites for hydroxylation is 1. The van der Waals surface area contributed by atoms with Gasteiger partial charge in [0.1, 0.15) is 29.1 Å². The number of aldehydes is 1. The Balaban J connectivity index is 1.86. The van der Waals surface area contributed by atoms with Crippen LogP contribution in [-0.2, 0) is 6.42 Å². The van der Waals surface area contributed by atoms with Crippen molar-refractivity contribution in [1.29, 1.82) is 5.26 Å². The van der Waals surface area contributed by atoms with Gasteiger partial charge in [0.2, 0.25) is 0 Å². The SMILES string of the molecule is N#Cc1ccc(NC(=O)N2CCCc3cc(O)c(C=O)nc32)nc1. The van der Waals surface area contributed by atoms with Gasteiger partial charge in [0.25, 0.3) is 0 Å². The van der Waals surface area contributed by atoms with E-state index in [4.69, 9.17) is 5.26 Å². The van der Waals surface area contributed by atoms with Gasteiger partial charge >= 0.3 is 6.03 Å². The Hall–Kier alpha value is -3.47. The lowest BCUT2D eigenvalue weighted by molar-refractivity contribution is 0.111. The van der Waals surface area contributed by atoms with E-state index in [2.05, 4.69) is 15.3 Å². The number of hydrogen-bond donors (Lipinski definition) is 2. The van der Waals surface area contributed by atoms with Crippen molar-refractivity contribution in [1.82, 2.24) is 9.97 Å². The molecule has 0 aromatic carbocycles. The summed E-state index contributed by atoms with van der Waals surface area (Å²) in [6.07, 6.45) is 3.18. The molecule has 8 heteroatoms. The molecule has 3 rings (SSSR count). The number of hydrogen-bond acceptors (Lipinski definition) is 6. The highest BCUT2D eigenvalue weighted by molar-refractivity contribution is 6.01. The van der Waals surface area contributed by atoms with Gasteiger partial charge in [-0.3, -0.25) is 15.0 Å². The second-order valence-electron chi connectivity index (χ2n) is 5.22. The Kier molecular flexibility index (Phi) is 4.07. The number of pyridine rings is 2. The van der Waals surface area contributed by atoms with Crippen molar-refractivity contribution < 1.29 is 14.7 Å². The van der Waals surface area contributed by atoms with Crippen LogP contribution in [-0.4, -0.2) is 33.9 Å². The summed E-state index contributed by atoms with van der Waals surface area (Å²) in [5, 5.41) is 21.1. The third-order valence-electron chi connectivity index (χ3n) is 3.65. The van der Waals surface area contributed by atoms with E-state index in [0.29, 0.717) is 48.4 Å². The Morgan fingerprint density at radius 3 is 2.96 bits per heavy atom. The number of fused-ring (bicyclic) bond motifs is 1. The molecule has 0 aliphatic carbocycles. The number of rotatable bonds is 2. The third-order valence-corrected chi connectivity index (χ3v) is 3.65. The molecule has 1 aliphatic heterocycles. The number of aromatic hydroxyl groups is 1. The van der Waals surface area contributed by atoms with Crippen LogP contribution < -0.4 is 10.2 Å². The highest BCUT2D eigenvalue weighted by atomic mass is 16.3. The van der Waals surface area contributed by atoms with E-state index < -0.39 is 6.03 Å². The van der Waals surface area contributed by atoms with Crippen molar-refractivity contribution in [3.63, 3.8) is 0 Å². The summed E-state index contributed by atoms with van der Waals surface area (Å²) in [7, 11) is 0. The monoisotopic (exact) mass is 323 g/mol. The molecule has 0 saturated carbocycles. The summed E-state index contributed by atoms with van der Waals surface area (Å²) in [6, 6.07) is 6.05. The zero-order valence-electron chi connectivity index (χ0n) is 12.6. The molecule has 120 valence electrons. The fourth-order valence-corrected chi connectivity index (χ4v) is 2.49. The predicted molar refractivity (Wildman–Crippen MR) is 84.9 cm³/mol. The summed E-state index contributed by atoms with van der Waals surface area (Å²) < 4.78 is 0. The van der Waals surface area contributed by atoms with Gasteiger partial charge in [-0.25, -0.2) is 14.8 Å². The van der Waals surface area contributed by atoms with E-state index in [-0.39, 0.29) is 11.4 Å². The molecule has 3 heterocycles. The molecule has 0 spiro atoms. The summed E-state index contributed by atoms with van der Waals surface area (Å²) >= 11 is 0. The molecule has 0 atom stereocenters. The van der Waals surface area contributed by atoms with E-state index >= 15 is 0 Å². The van der Waals surface area contributed by atoms with Crippen LogP contribution in [0.5, 0.6) is 5.75 Å². The molecule has 0 bridgehead atoms. The Morgan fingerprint density at radius 1 is 1.46 bits per heavy atom. The van der Waals surface area contributed by atoms with Crippen molar-refractivity contribution in [3.8, 4) is 11.8 Å². The number of urea groups is 1. The first-order chi connectivity index (χ1) is 11.6. The first-order valence-corrected chi connectivity index (χ1v) is 7.25. The average molecular weight is 323 g/mol. The van der Waals surface area contributed by atoms with Gasteiger partial charge < -0.3 is 5.11 Å². The van der Waals surface area contributed by atoms with Gasteiger partial charge in [0.05, 0.1) is 5.56 Å². The smallest absolute Gasteiger partial charge is 0.328 e. The molecular formula is C16H13N5O3. The van der Waals surface area contributed by atoms with Gasteiger partial charge in [0.15, 0.2) is 6.29 Å². The Labute approximate surface area is 137 Å². The second kappa shape index (κ2) is 6.34. The van der Waals surface area contributed by atoms with Crippen molar-refractivity contribution in [2.45, 2.75) is 12.8 Å². The summed E-state index contributed by atoms with van der Waals surface area (Å²) in [6.45, 7) is 0.436. The van der Waals surface area contributed by atoms with Crippen LogP contribution in [0.4, 0.5) is 16.4 Å². The third kappa shape index (κ3) is 2.87. The molecular weight excluding hydrogens is 310 g/mol. The van der Waals surface area contributed by atoms with Gasteiger partial charge in [-0.1, -0.05) is 0 Å². The van der Waals surface area contributed by atoms with Crippen LogP contribution in [0.2, 0.25) is 0 Å². The lowest BCUT2D eigenvalue weighted by atomic mass is 10.0. The zero-order valence-corrected chi connectivity index (χ0v) is 12.6. The first kappa shape index (κ1) is 15.4. The molecule has 8 nitrogen and oxygen atoms in total. The quantitative estimate of drug-likeness (QED) is 0.814. The van der Waals surface area contributed by atoms with Crippen molar-refractivity contribution in [2.24, 2.45) is 0 Å². The lowest BCUT2D eigenvalue weighted by Crippen LogP contribution is -2.39. The normalized spacial score (nSPS) is 12.9. The fraction of sp³-hybridized carbons (Fsp3) is 0.188. The molecule has 24 heavy (non-hydrogen) atoms. The molecule has 2 aromatic heterocycles. The van der Waals surface area contributed by atoms with Crippen molar-refractivity contribution >= 4 is 24.0 Å². The minimum atomic E-state index is -0.441. The maximum absolute atomic E-state index is 12.5. The number of carbonyl (C=O) groups excluding carboxylic acids is 2. The molecule has 0 unspecified atom stereocenters. The van der Waals surface area contributed by atoms with Gasteiger partial charge in [-0.15, -0.1) is 0 Å². The van der Waals surface area contributed by atoms with Crippen molar-refractivity contribution in [2.75, 3.05) is 16.8 Å². The molecule has 0 saturated heterocycles. The van der Waals surface area contributed by atoms with E-state index in [1.54, 1.807) is 6.07 Å². The number of nitrogens with one attached hydrogen (secondary N) is 1. The van der Waals surface area contributed by atoms with Crippen LogP contribution in [0.1, 0.15) is 28.0 Å². The summed E-state index contributed by atoms with van der Waals surface area (Å²) in [5.41, 5.74) is 0.987. The van der Waals surface area contributed by atoms with Gasteiger partial charge in [-0.05, 0) is 36.6 Å². The maximum Gasteiger partial charge on any atom is 0.328 e. The largest absolute Gasteiger partial charge is 0.506 e. The van der Waals surface area contributed by atoms with E-state index in [0.717, 1.165) is 0 Å². The van der Waals surface area contributed by atoms with Crippen molar-refractivity contribution in [3.05, 3.63) is 41.2 Å². The highest BCUT2D eigenvalue weighted by Crippen LogP contribution is 2.29. The highest BCUT2D eigenvalue weighted by Gasteiger charge is 2.26. The van der Waals surface area contributed by atoms with E-state index in [9.17, 15) is 14.7 Å². The molecule has 0 fully saturated rings. The van der Waals surface area contributed by atoms with E-state index in [1.165, 1.54) is 23.2 Å². The van der Waals surface area contributed by atoms with Crippen LogP contribution >= 0.6 is 0 Å². The zero-order chi connectivity index (χ0) is 17.1. The molecule has 1 aliphatic rings. The topological polar surface area (TPSA) is 119 Å². The number of nitriles is 1. The number of carbonyl (C=O) groups is 2. The summed E-state index contributed by atoms with van der Waals surface area (Å²) in [4.78, 5) is 32.9. The number of aromatic nitrogens is 2. The molecule has 2 amide bonds. The Bertz CT molecular complexity index is 842. The maximum atomic E-state index is 12.5. The van der Waals surface area contributed by atoms with Gasteiger partial charge in [-0.2, -0.15) is 5.26 Å². The molecule has 0 radical (unpaired) electrons. The first-order valence-electron chi connectivity index (χ1n) is 7.25. The Morgan fingerprint density at radius 2 is 2.29 bits per heavy atom. The molecule has 2 N–H and O–H groups in total. The van der Waals surface area contributed by atoms with Gasteiger partial charge in [0, 0.05) is 12.7 Å². The molecule has 2 aromatic rings. The summed E-state index contributed by atoms with van der Waals surface area (Å²) in [5.74, 6) is 0.465. The van der Waals surface area contributed by atoms with Crippen LogP contribution in [0, 0.1) is 11.3 Å².